The fourth-order valence-electron chi connectivity index (χ4n) is 4.60. The maximum atomic E-state index is 12.8. The van der Waals surface area contributed by atoms with Crippen LogP contribution in [-0.2, 0) is 19.1 Å². The van der Waals surface area contributed by atoms with Gasteiger partial charge < -0.3 is 14.4 Å². The highest BCUT2D eigenvalue weighted by Gasteiger charge is 2.62. The van der Waals surface area contributed by atoms with Crippen molar-refractivity contribution in [3.05, 3.63) is 24.3 Å². The van der Waals surface area contributed by atoms with Gasteiger partial charge in [-0.25, -0.2) is 4.90 Å². The van der Waals surface area contributed by atoms with Gasteiger partial charge in [0.25, 0.3) is 0 Å². The molecule has 4 aliphatic rings. The summed E-state index contributed by atoms with van der Waals surface area (Å²) in [6, 6.07) is 7.73. The minimum atomic E-state index is -0.268. The first-order valence-electron chi connectivity index (χ1n) is 8.70. The normalized spacial score (nSPS) is 35.0. The lowest BCUT2D eigenvalue weighted by Crippen LogP contribution is -2.36. The van der Waals surface area contributed by atoms with Gasteiger partial charge in [-0.2, -0.15) is 0 Å². The van der Waals surface area contributed by atoms with Crippen LogP contribution >= 0.6 is 0 Å². The number of anilines is 2. The van der Waals surface area contributed by atoms with E-state index in [9.17, 15) is 9.59 Å². The fourth-order valence-corrected chi connectivity index (χ4v) is 4.60. The van der Waals surface area contributed by atoms with Crippen molar-refractivity contribution in [2.75, 3.05) is 36.1 Å². The molecule has 0 aromatic heterocycles. The zero-order valence-corrected chi connectivity index (χ0v) is 13.4. The Morgan fingerprint density at radius 3 is 1.96 bits per heavy atom. The number of carbonyl (C=O) groups excluding carboxylic acids is 2. The Balaban J connectivity index is 1.40. The molecule has 0 spiro atoms. The third-order valence-electron chi connectivity index (χ3n) is 5.77. The molecular weight excluding hydrogens is 308 g/mol. The van der Waals surface area contributed by atoms with Crippen LogP contribution in [0.4, 0.5) is 11.4 Å². The number of benzene rings is 1. The predicted molar refractivity (Wildman–Crippen MR) is 86.8 cm³/mol. The van der Waals surface area contributed by atoms with E-state index in [1.54, 1.807) is 0 Å². The molecule has 0 saturated carbocycles. The number of carbonyl (C=O) groups is 2. The number of amides is 2. The number of hydrogen-bond acceptors (Lipinski definition) is 5. The van der Waals surface area contributed by atoms with Gasteiger partial charge in [-0.15, -0.1) is 0 Å². The lowest BCUT2D eigenvalue weighted by molar-refractivity contribution is -0.124. The molecule has 1 aromatic carbocycles. The molecule has 24 heavy (non-hydrogen) atoms. The zero-order valence-electron chi connectivity index (χ0n) is 13.4. The van der Waals surface area contributed by atoms with Crippen LogP contribution in [0.15, 0.2) is 24.3 Å². The quantitative estimate of drug-likeness (QED) is 0.763. The minimum absolute atomic E-state index is 0.0610. The number of ether oxygens (including phenoxy) is 2. The standard InChI is InChI=1S/C18H20N2O4/c21-17-15-13-5-6-14(24-13)16(15)18(22)20(17)12-3-1-11(2-4-12)19-7-9-23-10-8-19/h1-4,13-16H,5-10H2/t13-,14-,15+,16+/m1/s1. The summed E-state index contributed by atoms with van der Waals surface area (Å²) in [7, 11) is 0. The first kappa shape index (κ1) is 14.4. The van der Waals surface area contributed by atoms with Crippen molar-refractivity contribution in [2.45, 2.75) is 25.0 Å². The summed E-state index contributed by atoms with van der Waals surface area (Å²) in [6.07, 6.45) is 1.67. The lowest BCUT2D eigenvalue weighted by Gasteiger charge is -2.29. The van der Waals surface area contributed by atoms with Gasteiger partial charge in [-0.05, 0) is 37.1 Å². The van der Waals surface area contributed by atoms with Crippen LogP contribution in [0.25, 0.3) is 0 Å². The molecule has 4 saturated heterocycles. The van der Waals surface area contributed by atoms with E-state index >= 15 is 0 Å². The largest absolute Gasteiger partial charge is 0.378 e. The number of rotatable bonds is 2. The van der Waals surface area contributed by atoms with E-state index in [0.29, 0.717) is 5.69 Å². The van der Waals surface area contributed by atoms with Gasteiger partial charge in [0, 0.05) is 18.8 Å². The topological polar surface area (TPSA) is 59.1 Å². The second-order valence-electron chi connectivity index (χ2n) is 6.97. The highest BCUT2D eigenvalue weighted by Crippen LogP contribution is 2.49. The molecule has 0 unspecified atom stereocenters. The molecule has 4 heterocycles. The summed E-state index contributed by atoms with van der Waals surface area (Å²) in [5, 5.41) is 0. The zero-order chi connectivity index (χ0) is 16.3. The van der Waals surface area contributed by atoms with Crippen molar-refractivity contribution in [1.82, 2.24) is 0 Å². The lowest BCUT2D eigenvalue weighted by atomic mass is 9.81. The van der Waals surface area contributed by atoms with Crippen molar-refractivity contribution in [3.8, 4) is 0 Å². The van der Waals surface area contributed by atoms with E-state index in [1.165, 1.54) is 4.90 Å². The molecule has 2 bridgehead atoms. The maximum absolute atomic E-state index is 12.8. The Hall–Kier alpha value is -1.92. The average molecular weight is 328 g/mol. The predicted octanol–water partition coefficient (Wildman–Crippen LogP) is 1.19. The van der Waals surface area contributed by atoms with E-state index in [2.05, 4.69) is 4.90 Å². The van der Waals surface area contributed by atoms with Gasteiger partial charge in [0.2, 0.25) is 11.8 Å². The minimum Gasteiger partial charge on any atom is -0.378 e. The van der Waals surface area contributed by atoms with Crippen molar-refractivity contribution < 1.29 is 19.1 Å². The molecule has 4 atom stereocenters. The number of nitrogens with zero attached hydrogens (tertiary/aromatic N) is 2. The fraction of sp³-hybridized carbons (Fsp3) is 0.556. The molecule has 6 nitrogen and oxygen atoms in total. The third-order valence-corrected chi connectivity index (χ3v) is 5.77. The van der Waals surface area contributed by atoms with Gasteiger partial charge in [0.15, 0.2) is 0 Å². The van der Waals surface area contributed by atoms with Crippen molar-refractivity contribution in [3.63, 3.8) is 0 Å². The molecule has 2 amide bonds. The molecule has 126 valence electrons. The monoisotopic (exact) mass is 328 g/mol. The summed E-state index contributed by atoms with van der Waals surface area (Å²) in [6.45, 7) is 3.20. The van der Waals surface area contributed by atoms with Crippen LogP contribution in [-0.4, -0.2) is 50.3 Å². The molecule has 5 rings (SSSR count). The average Bonchev–Trinajstić information content (AvgIpc) is 3.30. The second kappa shape index (κ2) is 5.29. The first-order chi connectivity index (χ1) is 11.7. The number of hydrogen-bond donors (Lipinski definition) is 0. The smallest absolute Gasteiger partial charge is 0.240 e. The molecule has 0 radical (unpaired) electrons. The number of imide groups is 1. The van der Waals surface area contributed by atoms with Crippen molar-refractivity contribution >= 4 is 23.2 Å². The molecule has 6 heteroatoms. The van der Waals surface area contributed by atoms with E-state index in [-0.39, 0.29) is 35.9 Å². The Labute approximate surface area is 140 Å². The van der Waals surface area contributed by atoms with Crippen molar-refractivity contribution in [2.24, 2.45) is 11.8 Å². The van der Waals surface area contributed by atoms with Gasteiger partial charge in [0.1, 0.15) is 0 Å². The molecular formula is C18H20N2O4. The number of fused-ring (bicyclic) bond motifs is 5. The summed E-state index contributed by atoms with van der Waals surface area (Å²) >= 11 is 0. The third kappa shape index (κ3) is 1.96. The number of morpholine rings is 1. The molecule has 1 aromatic rings. The summed E-state index contributed by atoms with van der Waals surface area (Å²) < 4.78 is 11.1. The van der Waals surface area contributed by atoms with E-state index < -0.39 is 0 Å². The summed E-state index contributed by atoms with van der Waals surface area (Å²) in [5.41, 5.74) is 1.78. The van der Waals surface area contributed by atoms with E-state index in [1.807, 2.05) is 24.3 Å². The van der Waals surface area contributed by atoms with Crippen LogP contribution in [0.1, 0.15) is 12.8 Å². The van der Waals surface area contributed by atoms with Crippen molar-refractivity contribution in [1.29, 1.82) is 0 Å². The van der Waals surface area contributed by atoms with Gasteiger partial charge in [-0.1, -0.05) is 0 Å². The Bertz CT molecular complexity index is 655. The van der Waals surface area contributed by atoms with Crippen LogP contribution in [0, 0.1) is 11.8 Å². The van der Waals surface area contributed by atoms with Gasteiger partial charge in [-0.3, -0.25) is 9.59 Å². The Morgan fingerprint density at radius 2 is 1.38 bits per heavy atom. The highest BCUT2D eigenvalue weighted by molar-refractivity contribution is 6.22. The Kier molecular flexibility index (Phi) is 3.18. The SMILES string of the molecule is O=C1[C@@H]2[C@@H](C(=O)N1c1ccc(N3CCOCC3)cc1)[C@H]1CC[C@H]2O1. The second-order valence-corrected chi connectivity index (χ2v) is 6.97. The van der Waals surface area contributed by atoms with Crippen LogP contribution in [0.5, 0.6) is 0 Å². The van der Waals surface area contributed by atoms with Crippen LogP contribution in [0.2, 0.25) is 0 Å². The van der Waals surface area contributed by atoms with E-state index in [0.717, 1.165) is 44.8 Å². The maximum Gasteiger partial charge on any atom is 0.240 e. The van der Waals surface area contributed by atoms with Gasteiger partial charge in [0.05, 0.1) is 42.9 Å². The summed E-state index contributed by atoms with van der Waals surface area (Å²) in [5.74, 6) is -0.710. The molecule has 4 fully saturated rings. The molecule has 0 aliphatic carbocycles. The van der Waals surface area contributed by atoms with E-state index in [4.69, 9.17) is 9.47 Å². The van der Waals surface area contributed by atoms with Crippen LogP contribution < -0.4 is 9.80 Å². The summed E-state index contributed by atoms with van der Waals surface area (Å²) in [4.78, 5) is 29.2. The highest BCUT2D eigenvalue weighted by atomic mass is 16.5. The van der Waals surface area contributed by atoms with Crippen LogP contribution in [0.3, 0.4) is 0 Å². The Morgan fingerprint density at radius 1 is 0.833 bits per heavy atom. The molecule has 0 N–H and O–H groups in total. The molecule has 4 aliphatic heterocycles. The van der Waals surface area contributed by atoms with Gasteiger partial charge >= 0.3 is 0 Å². The first-order valence-corrected chi connectivity index (χ1v) is 8.70.